The molecule has 0 saturated carbocycles. The van der Waals surface area contributed by atoms with Crippen molar-refractivity contribution in [1.29, 1.82) is 0 Å². The zero-order valence-electron chi connectivity index (χ0n) is 10.2. The summed E-state index contributed by atoms with van der Waals surface area (Å²) in [6, 6.07) is 3.08. The highest BCUT2D eigenvalue weighted by atomic mass is 32.1. The maximum absolute atomic E-state index is 13.3. The van der Waals surface area contributed by atoms with Gasteiger partial charge in [-0.15, -0.1) is 11.3 Å². The third kappa shape index (κ3) is 2.91. The lowest BCUT2D eigenvalue weighted by Gasteiger charge is -2.11. The van der Waals surface area contributed by atoms with Crippen LogP contribution >= 0.6 is 11.3 Å². The zero-order valence-corrected chi connectivity index (χ0v) is 11.1. The molecule has 3 nitrogen and oxygen atoms in total. The summed E-state index contributed by atoms with van der Waals surface area (Å²) in [7, 11) is 1.29. The molecule has 1 unspecified atom stereocenters. The maximum atomic E-state index is 13.3. The molecule has 0 radical (unpaired) electrons. The van der Waals surface area contributed by atoms with Gasteiger partial charge < -0.3 is 10.5 Å². The molecule has 1 heterocycles. The van der Waals surface area contributed by atoms with E-state index >= 15 is 0 Å². The van der Waals surface area contributed by atoms with Gasteiger partial charge in [-0.25, -0.2) is 9.37 Å². The van der Waals surface area contributed by atoms with Gasteiger partial charge in [0.2, 0.25) is 0 Å². The van der Waals surface area contributed by atoms with Crippen LogP contribution in [0.25, 0.3) is 0 Å². The molecule has 20 heavy (non-hydrogen) atoms. The van der Waals surface area contributed by atoms with Gasteiger partial charge in [0.25, 0.3) is 0 Å². The summed E-state index contributed by atoms with van der Waals surface area (Å²) in [6.45, 7) is 0. The SMILES string of the molecule is COc1cc(C(N)c2cnc(C(F)(F)F)s2)ccc1F. The molecule has 2 aromatic rings. The summed E-state index contributed by atoms with van der Waals surface area (Å²) < 4.78 is 55.5. The van der Waals surface area contributed by atoms with E-state index in [0.29, 0.717) is 16.9 Å². The van der Waals surface area contributed by atoms with Crippen molar-refractivity contribution in [3.05, 3.63) is 45.7 Å². The predicted octanol–water partition coefficient (Wildman–Crippen LogP) is 3.36. The summed E-state index contributed by atoms with van der Waals surface area (Å²) in [6.07, 6.45) is -3.42. The number of aromatic nitrogens is 1. The van der Waals surface area contributed by atoms with Gasteiger partial charge in [-0.2, -0.15) is 13.2 Å². The van der Waals surface area contributed by atoms with Gasteiger partial charge in [0.05, 0.1) is 13.2 Å². The summed E-state index contributed by atoms with van der Waals surface area (Å²) in [5.41, 5.74) is 6.32. The van der Waals surface area contributed by atoms with Crippen LogP contribution in [0.4, 0.5) is 17.6 Å². The number of nitrogens with zero attached hydrogens (tertiary/aromatic N) is 1. The first-order chi connectivity index (χ1) is 9.32. The van der Waals surface area contributed by atoms with Gasteiger partial charge in [-0.05, 0) is 17.7 Å². The lowest BCUT2D eigenvalue weighted by atomic mass is 10.1. The minimum atomic E-state index is -4.50. The second-order valence-corrected chi connectivity index (χ2v) is 5.00. The van der Waals surface area contributed by atoms with Crippen molar-refractivity contribution in [3.63, 3.8) is 0 Å². The quantitative estimate of drug-likeness (QED) is 0.885. The molecule has 1 aromatic carbocycles. The molecule has 108 valence electrons. The maximum Gasteiger partial charge on any atom is 0.443 e. The van der Waals surface area contributed by atoms with Crippen molar-refractivity contribution in [1.82, 2.24) is 4.98 Å². The number of nitrogens with two attached hydrogens (primary N) is 1. The monoisotopic (exact) mass is 306 g/mol. The van der Waals surface area contributed by atoms with Crippen molar-refractivity contribution < 1.29 is 22.3 Å². The Balaban J connectivity index is 2.31. The molecule has 0 amide bonds. The Bertz CT molecular complexity index is 612. The molecule has 2 rings (SSSR count). The number of hydrogen-bond acceptors (Lipinski definition) is 4. The Hall–Kier alpha value is -1.67. The lowest BCUT2D eigenvalue weighted by Crippen LogP contribution is -2.10. The molecular formula is C12H10F4N2OS. The van der Waals surface area contributed by atoms with E-state index in [1.807, 2.05) is 0 Å². The Kier molecular flexibility index (Phi) is 3.96. The number of ether oxygens (including phenoxy) is 1. The third-order valence-electron chi connectivity index (χ3n) is 2.61. The molecule has 0 bridgehead atoms. The largest absolute Gasteiger partial charge is 0.494 e. The van der Waals surface area contributed by atoms with Crippen LogP contribution in [0.3, 0.4) is 0 Å². The van der Waals surface area contributed by atoms with E-state index in [4.69, 9.17) is 10.5 Å². The second-order valence-electron chi connectivity index (χ2n) is 3.94. The van der Waals surface area contributed by atoms with Gasteiger partial charge in [0, 0.05) is 11.1 Å². The van der Waals surface area contributed by atoms with E-state index in [1.165, 1.54) is 19.2 Å². The van der Waals surface area contributed by atoms with Gasteiger partial charge in [0.1, 0.15) is 0 Å². The fourth-order valence-electron chi connectivity index (χ4n) is 1.60. The molecule has 8 heteroatoms. The average Bonchev–Trinajstić information content (AvgIpc) is 2.88. The number of thiazole rings is 1. The van der Waals surface area contributed by atoms with Crippen LogP contribution in [-0.2, 0) is 6.18 Å². The van der Waals surface area contributed by atoms with E-state index in [9.17, 15) is 17.6 Å². The smallest absolute Gasteiger partial charge is 0.443 e. The van der Waals surface area contributed by atoms with Crippen LogP contribution in [0.1, 0.15) is 21.5 Å². The molecule has 0 aliphatic carbocycles. The summed E-state index contributed by atoms with van der Waals surface area (Å²) in [4.78, 5) is 3.54. The van der Waals surface area contributed by atoms with Gasteiger partial charge in [0.15, 0.2) is 16.6 Å². The summed E-state index contributed by atoms with van der Waals surface area (Å²) >= 11 is 0.465. The summed E-state index contributed by atoms with van der Waals surface area (Å²) in [5.74, 6) is -0.581. The number of halogens is 4. The van der Waals surface area contributed by atoms with Crippen molar-refractivity contribution in [3.8, 4) is 5.75 Å². The van der Waals surface area contributed by atoms with E-state index < -0.39 is 23.0 Å². The molecule has 2 N–H and O–H groups in total. The molecule has 0 aliphatic rings. The summed E-state index contributed by atoms with van der Waals surface area (Å²) in [5, 5.41) is -0.961. The zero-order chi connectivity index (χ0) is 14.9. The Morgan fingerprint density at radius 3 is 2.60 bits per heavy atom. The van der Waals surface area contributed by atoms with Crippen molar-refractivity contribution in [2.75, 3.05) is 7.11 Å². The fraction of sp³-hybridized carbons (Fsp3) is 0.250. The Morgan fingerprint density at radius 1 is 1.35 bits per heavy atom. The van der Waals surface area contributed by atoms with Crippen LogP contribution in [0.5, 0.6) is 5.75 Å². The van der Waals surface area contributed by atoms with Crippen LogP contribution in [-0.4, -0.2) is 12.1 Å². The normalized spacial score (nSPS) is 13.3. The molecule has 0 aliphatic heterocycles. The van der Waals surface area contributed by atoms with Gasteiger partial charge in [-0.1, -0.05) is 6.07 Å². The standard InChI is InChI=1S/C12H10F4N2OS/c1-19-8-4-6(2-3-7(8)13)10(17)9-5-18-11(20-9)12(14,15)16/h2-5,10H,17H2,1H3. The van der Waals surface area contributed by atoms with E-state index in [1.54, 1.807) is 0 Å². The molecule has 0 fully saturated rings. The van der Waals surface area contributed by atoms with Crippen LogP contribution in [0.2, 0.25) is 0 Å². The average molecular weight is 306 g/mol. The Morgan fingerprint density at radius 2 is 2.05 bits per heavy atom. The third-order valence-corrected chi connectivity index (χ3v) is 3.73. The first kappa shape index (κ1) is 14.7. The highest BCUT2D eigenvalue weighted by Gasteiger charge is 2.35. The first-order valence-corrected chi connectivity index (χ1v) is 6.26. The fourth-order valence-corrected chi connectivity index (χ4v) is 2.41. The first-order valence-electron chi connectivity index (χ1n) is 5.45. The highest BCUT2D eigenvalue weighted by Crippen LogP contribution is 2.35. The highest BCUT2D eigenvalue weighted by molar-refractivity contribution is 7.11. The van der Waals surface area contributed by atoms with E-state index in [2.05, 4.69) is 4.98 Å². The number of benzene rings is 1. The topological polar surface area (TPSA) is 48.1 Å². The number of methoxy groups -OCH3 is 1. The molecule has 0 spiro atoms. The minimum absolute atomic E-state index is 0.0153. The van der Waals surface area contributed by atoms with Gasteiger partial charge in [-0.3, -0.25) is 0 Å². The molecular weight excluding hydrogens is 296 g/mol. The van der Waals surface area contributed by atoms with Crippen LogP contribution in [0.15, 0.2) is 24.4 Å². The minimum Gasteiger partial charge on any atom is -0.494 e. The number of rotatable bonds is 3. The van der Waals surface area contributed by atoms with Crippen molar-refractivity contribution in [2.24, 2.45) is 5.73 Å². The van der Waals surface area contributed by atoms with Crippen LogP contribution in [0, 0.1) is 5.82 Å². The molecule has 0 saturated heterocycles. The van der Waals surface area contributed by atoms with E-state index in [0.717, 1.165) is 12.3 Å². The predicted molar refractivity (Wildman–Crippen MR) is 66.1 cm³/mol. The van der Waals surface area contributed by atoms with Crippen LogP contribution < -0.4 is 10.5 Å². The van der Waals surface area contributed by atoms with E-state index in [-0.39, 0.29) is 10.6 Å². The van der Waals surface area contributed by atoms with Crippen molar-refractivity contribution >= 4 is 11.3 Å². The number of hydrogen-bond donors (Lipinski definition) is 1. The van der Waals surface area contributed by atoms with Crippen molar-refractivity contribution in [2.45, 2.75) is 12.2 Å². The Labute approximate surface area is 116 Å². The lowest BCUT2D eigenvalue weighted by molar-refractivity contribution is -0.137. The molecule has 1 aromatic heterocycles. The second kappa shape index (κ2) is 5.37. The van der Waals surface area contributed by atoms with Gasteiger partial charge >= 0.3 is 6.18 Å². The molecule has 1 atom stereocenters. The number of alkyl halides is 3.